The summed E-state index contributed by atoms with van der Waals surface area (Å²) in [5.74, 6) is 0. The van der Waals surface area contributed by atoms with Crippen LogP contribution in [0, 0.1) is 0 Å². The fourth-order valence-electron chi connectivity index (χ4n) is 2.22. The van der Waals surface area contributed by atoms with Crippen LogP contribution >= 0.6 is 46.1 Å². The number of nitrogens with zero attached hydrogens (tertiary/aromatic N) is 2. The molecule has 0 spiro atoms. The lowest BCUT2D eigenvalue weighted by Crippen LogP contribution is -2.17. The van der Waals surface area contributed by atoms with E-state index in [1.807, 2.05) is 5.38 Å². The second kappa shape index (κ2) is 5.49. The number of rotatable bonds is 2. The highest BCUT2D eigenvalue weighted by Crippen LogP contribution is 2.39. The molecular weight excluding hydrogens is 323 g/mol. The molecule has 100 valence electrons. The minimum atomic E-state index is 0.536. The van der Waals surface area contributed by atoms with Crippen molar-refractivity contribution in [1.82, 2.24) is 4.98 Å². The van der Waals surface area contributed by atoms with Crippen molar-refractivity contribution < 1.29 is 0 Å². The van der Waals surface area contributed by atoms with E-state index in [2.05, 4.69) is 9.88 Å². The van der Waals surface area contributed by atoms with Crippen molar-refractivity contribution in [3.05, 3.63) is 32.6 Å². The highest BCUT2D eigenvalue weighted by atomic mass is 35.5. The van der Waals surface area contributed by atoms with Gasteiger partial charge in [-0.25, -0.2) is 4.98 Å². The summed E-state index contributed by atoms with van der Waals surface area (Å²) in [6.07, 6.45) is 2.47. The van der Waals surface area contributed by atoms with Gasteiger partial charge in [0.1, 0.15) is 0 Å². The van der Waals surface area contributed by atoms with Gasteiger partial charge in [-0.3, -0.25) is 0 Å². The monoisotopic (exact) mass is 332 g/mol. The summed E-state index contributed by atoms with van der Waals surface area (Å²) >= 11 is 20.0. The van der Waals surface area contributed by atoms with Crippen LogP contribution in [0.5, 0.6) is 0 Å². The molecule has 0 N–H and O–H groups in total. The van der Waals surface area contributed by atoms with E-state index >= 15 is 0 Å². The Bertz CT molecular complexity index is 583. The first kappa shape index (κ1) is 13.5. The maximum atomic E-state index is 6.22. The van der Waals surface area contributed by atoms with Crippen LogP contribution in [0.3, 0.4) is 0 Å². The van der Waals surface area contributed by atoms with Gasteiger partial charge in [-0.15, -0.1) is 11.3 Å². The van der Waals surface area contributed by atoms with Crippen molar-refractivity contribution in [2.24, 2.45) is 0 Å². The molecule has 1 fully saturated rings. The fraction of sp³-hybridized carbons (Fsp3) is 0.308. The van der Waals surface area contributed by atoms with Gasteiger partial charge in [-0.2, -0.15) is 0 Å². The molecule has 2 nitrogen and oxygen atoms in total. The normalized spacial score (nSPS) is 15.2. The maximum absolute atomic E-state index is 6.22. The first-order chi connectivity index (χ1) is 9.15. The molecule has 0 aliphatic carbocycles. The third-order valence-electron chi connectivity index (χ3n) is 3.13. The Kier molecular flexibility index (Phi) is 3.90. The van der Waals surface area contributed by atoms with E-state index in [1.165, 1.54) is 12.8 Å². The summed E-state index contributed by atoms with van der Waals surface area (Å²) in [5, 5.41) is 4.64. The number of benzene rings is 1. The predicted octanol–water partition coefficient (Wildman–Crippen LogP) is 5.37. The van der Waals surface area contributed by atoms with Gasteiger partial charge < -0.3 is 4.90 Å². The summed E-state index contributed by atoms with van der Waals surface area (Å²) in [6.45, 7) is 2.16. The minimum Gasteiger partial charge on any atom is -0.348 e. The molecule has 1 aromatic heterocycles. The van der Waals surface area contributed by atoms with Crippen LogP contribution in [0.2, 0.25) is 15.1 Å². The van der Waals surface area contributed by atoms with Crippen molar-refractivity contribution in [2.45, 2.75) is 12.8 Å². The molecule has 0 bridgehead atoms. The topological polar surface area (TPSA) is 16.1 Å². The van der Waals surface area contributed by atoms with Crippen molar-refractivity contribution in [3.8, 4) is 11.3 Å². The highest BCUT2D eigenvalue weighted by Gasteiger charge is 2.18. The lowest BCUT2D eigenvalue weighted by molar-refractivity contribution is 0.949. The van der Waals surface area contributed by atoms with Crippen LogP contribution in [0.15, 0.2) is 17.5 Å². The van der Waals surface area contributed by atoms with Crippen LogP contribution in [0.25, 0.3) is 11.3 Å². The summed E-state index contributed by atoms with van der Waals surface area (Å²) < 4.78 is 0. The van der Waals surface area contributed by atoms with E-state index < -0.39 is 0 Å². The molecule has 0 saturated carbocycles. The van der Waals surface area contributed by atoms with Crippen molar-refractivity contribution in [2.75, 3.05) is 18.0 Å². The molecular formula is C13H11Cl3N2S. The Morgan fingerprint density at radius 3 is 2.32 bits per heavy atom. The van der Waals surface area contributed by atoms with Crippen LogP contribution in [0.1, 0.15) is 12.8 Å². The molecule has 0 amide bonds. The van der Waals surface area contributed by atoms with E-state index in [9.17, 15) is 0 Å². The molecule has 19 heavy (non-hydrogen) atoms. The smallest absolute Gasteiger partial charge is 0.185 e. The van der Waals surface area contributed by atoms with Crippen LogP contribution in [-0.4, -0.2) is 18.1 Å². The number of hydrogen-bond acceptors (Lipinski definition) is 3. The third-order valence-corrected chi connectivity index (χ3v) is 4.85. The van der Waals surface area contributed by atoms with E-state index in [-0.39, 0.29) is 0 Å². The van der Waals surface area contributed by atoms with Crippen molar-refractivity contribution in [1.29, 1.82) is 0 Å². The molecule has 6 heteroatoms. The summed E-state index contributed by atoms with van der Waals surface area (Å²) in [6, 6.07) is 3.39. The van der Waals surface area contributed by atoms with Crippen molar-refractivity contribution >= 4 is 51.3 Å². The molecule has 1 aliphatic rings. The van der Waals surface area contributed by atoms with Gasteiger partial charge in [-0.1, -0.05) is 34.8 Å². The molecule has 2 heterocycles. The Morgan fingerprint density at radius 1 is 1.05 bits per heavy atom. The van der Waals surface area contributed by atoms with Gasteiger partial charge in [0.05, 0.1) is 15.7 Å². The molecule has 1 aliphatic heterocycles. The SMILES string of the molecule is Clc1cc(Cl)c(-c2csc(N3CCCC3)n2)c(Cl)c1. The van der Waals surface area contributed by atoms with Gasteiger partial charge in [0.15, 0.2) is 5.13 Å². The van der Waals surface area contributed by atoms with Crippen molar-refractivity contribution in [3.63, 3.8) is 0 Å². The Morgan fingerprint density at radius 2 is 1.68 bits per heavy atom. The number of hydrogen-bond donors (Lipinski definition) is 0. The average molecular weight is 334 g/mol. The van der Waals surface area contributed by atoms with Gasteiger partial charge in [0, 0.05) is 29.1 Å². The van der Waals surface area contributed by atoms with Gasteiger partial charge in [0.2, 0.25) is 0 Å². The molecule has 3 rings (SSSR count). The summed E-state index contributed by atoms with van der Waals surface area (Å²) in [7, 11) is 0. The molecule has 1 saturated heterocycles. The second-order valence-corrected chi connectivity index (χ2v) is 6.54. The first-order valence-corrected chi connectivity index (χ1v) is 8.02. The van der Waals surface area contributed by atoms with Gasteiger partial charge >= 0.3 is 0 Å². The minimum absolute atomic E-state index is 0.536. The summed E-state index contributed by atoms with van der Waals surface area (Å²) in [4.78, 5) is 6.94. The van der Waals surface area contributed by atoms with Gasteiger partial charge in [0.25, 0.3) is 0 Å². The van der Waals surface area contributed by atoms with Crippen LogP contribution in [0.4, 0.5) is 5.13 Å². The van der Waals surface area contributed by atoms with E-state index in [0.29, 0.717) is 15.1 Å². The van der Waals surface area contributed by atoms with Gasteiger partial charge in [-0.05, 0) is 25.0 Å². The lowest BCUT2D eigenvalue weighted by atomic mass is 10.2. The van der Waals surface area contributed by atoms with E-state index in [1.54, 1.807) is 23.5 Å². The van der Waals surface area contributed by atoms with Crippen LogP contribution < -0.4 is 4.90 Å². The summed E-state index contributed by atoms with van der Waals surface area (Å²) in [5.41, 5.74) is 1.58. The molecule has 2 aromatic rings. The molecule has 0 atom stereocenters. The number of anilines is 1. The Balaban J connectivity index is 1.98. The fourth-order valence-corrected chi connectivity index (χ4v) is 4.10. The standard InChI is InChI=1S/C13H11Cl3N2S/c14-8-5-9(15)12(10(16)6-8)11-7-19-13(17-11)18-3-1-2-4-18/h5-7H,1-4H2. The zero-order valence-corrected chi connectivity index (χ0v) is 13.1. The zero-order chi connectivity index (χ0) is 13.4. The van der Waals surface area contributed by atoms with E-state index in [4.69, 9.17) is 34.8 Å². The first-order valence-electron chi connectivity index (χ1n) is 6.00. The molecule has 0 radical (unpaired) electrons. The maximum Gasteiger partial charge on any atom is 0.185 e. The Hall–Kier alpha value is -0.480. The van der Waals surface area contributed by atoms with E-state index in [0.717, 1.165) is 29.5 Å². The second-order valence-electron chi connectivity index (χ2n) is 4.45. The highest BCUT2D eigenvalue weighted by molar-refractivity contribution is 7.14. The zero-order valence-electron chi connectivity index (χ0n) is 10.00. The number of aromatic nitrogens is 1. The lowest BCUT2D eigenvalue weighted by Gasteiger charge is -2.12. The molecule has 0 unspecified atom stereocenters. The van der Waals surface area contributed by atoms with Crippen LogP contribution in [-0.2, 0) is 0 Å². The number of halogens is 3. The average Bonchev–Trinajstić information content (AvgIpc) is 2.97. The number of thiazole rings is 1. The third kappa shape index (κ3) is 2.70. The Labute approximate surface area is 130 Å². The quantitative estimate of drug-likeness (QED) is 0.734. The predicted molar refractivity (Wildman–Crippen MR) is 84.0 cm³/mol. The largest absolute Gasteiger partial charge is 0.348 e. The molecule has 1 aromatic carbocycles.